The maximum atomic E-state index is 12.7. The van der Waals surface area contributed by atoms with Crippen molar-refractivity contribution in [2.45, 2.75) is 51.7 Å². The Morgan fingerprint density at radius 2 is 2.09 bits per heavy atom. The number of ether oxygens (including phenoxy) is 1. The Bertz CT molecular complexity index is 509. The molecule has 124 valence electrons. The molecule has 0 spiro atoms. The second-order valence-electron chi connectivity index (χ2n) is 6.12. The molecular formula is C16H26N2O3S. The molecule has 1 atom stereocenters. The third-order valence-electron chi connectivity index (χ3n) is 4.65. The highest BCUT2D eigenvalue weighted by Crippen LogP contribution is 2.30. The average Bonchev–Trinajstić information content (AvgIpc) is 2.94. The third kappa shape index (κ3) is 3.67. The quantitative estimate of drug-likeness (QED) is 0.904. The highest BCUT2D eigenvalue weighted by Gasteiger charge is 2.29. The molecular weight excluding hydrogens is 300 g/mol. The molecule has 1 aliphatic carbocycles. The minimum Gasteiger partial charge on any atom is -0.396 e. The largest absolute Gasteiger partial charge is 0.396 e. The number of aromatic nitrogens is 1. The molecule has 0 radical (unpaired) electrons. The van der Waals surface area contributed by atoms with Gasteiger partial charge in [0, 0.05) is 26.8 Å². The van der Waals surface area contributed by atoms with E-state index in [0.717, 1.165) is 36.4 Å². The van der Waals surface area contributed by atoms with Crippen molar-refractivity contribution < 1.29 is 14.6 Å². The minimum absolute atomic E-state index is 0.0528. The van der Waals surface area contributed by atoms with Crippen molar-refractivity contribution in [1.82, 2.24) is 9.88 Å². The first kappa shape index (κ1) is 17.4. The minimum atomic E-state index is -0.0875. The molecule has 0 saturated heterocycles. The van der Waals surface area contributed by atoms with E-state index in [1.54, 1.807) is 7.11 Å². The van der Waals surface area contributed by atoms with Gasteiger partial charge in [-0.2, -0.15) is 0 Å². The van der Waals surface area contributed by atoms with Crippen molar-refractivity contribution in [2.24, 2.45) is 5.92 Å². The highest BCUT2D eigenvalue weighted by atomic mass is 32.1. The molecule has 5 nitrogen and oxygen atoms in total. The molecule has 1 aliphatic rings. The molecule has 1 heterocycles. The van der Waals surface area contributed by atoms with Gasteiger partial charge in [-0.15, -0.1) is 11.3 Å². The van der Waals surface area contributed by atoms with Gasteiger partial charge in [-0.3, -0.25) is 4.79 Å². The van der Waals surface area contributed by atoms with Crippen LogP contribution < -0.4 is 0 Å². The summed E-state index contributed by atoms with van der Waals surface area (Å²) in [7, 11) is 3.53. The van der Waals surface area contributed by atoms with Crippen LogP contribution in [0, 0.1) is 12.8 Å². The number of aryl methyl sites for hydroxylation is 1. The van der Waals surface area contributed by atoms with Gasteiger partial charge in [0.05, 0.1) is 5.69 Å². The molecule has 1 aromatic heterocycles. The van der Waals surface area contributed by atoms with Crippen molar-refractivity contribution in [1.29, 1.82) is 0 Å². The Labute approximate surface area is 136 Å². The number of amides is 1. The van der Waals surface area contributed by atoms with Crippen LogP contribution in [-0.2, 0) is 4.74 Å². The van der Waals surface area contributed by atoms with Crippen molar-refractivity contribution in [3.8, 4) is 0 Å². The van der Waals surface area contributed by atoms with Crippen molar-refractivity contribution in [2.75, 3.05) is 20.8 Å². The van der Waals surface area contributed by atoms with Gasteiger partial charge < -0.3 is 14.7 Å². The average molecular weight is 326 g/mol. The number of methoxy groups -OCH3 is 1. The smallest absolute Gasteiger partial charge is 0.265 e. The number of nitrogens with zero attached hydrogens (tertiary/aromatic N) is 2. The second-order valence-corrected chi connectivity index (χ2v) is 7.15. The predicted octanol–water partition coefficient (Wildman–Crippen LogP) is 2.78. The van der Waals surface area contributed by atoms with Gasteiger partial charge in [0.1, 0.15) is 16.0 Å². The number of hydrogen-bond acceptors (Lipinski definition) is 5. The molecule has 2 rings (SSSR count). The number of hydrogen-bond donors (Lipinski definition) is 1. The summed E-state index contributed by atoms with van der Waals surface area (Å²) in [5.41, 5.74) is 0.782. The number of thiazole rings is 1. The number of carbonyl (C=O) groups excluding carboxylic acids is 1. The number of rotatable bonds is 5. The van der Waals surface area contributed by atoms with Crippen LogP contribution in [0.4, 0.5) is 0 Å². The van der Waals surface area contributed by atoms with Gasteiger partial charge >= 0.3 is 0 Å². The lowest BCUT2D eigenvalue weighted by Crippen LogP contribution is -2.39. The summed E-state index contributed by atoms with van der Waals surface area (Å²) in [6, 6.07) is 0.264. The zero-order valence-electron chi connectivity index (χ0n) is 13.8. The molecule has 0 aromatic carbocycles. The van der Waals surface area contributed by atoms with Crippen LogP contribution in [-0.4, -0.2) is 47.7 Å². The van der Waals surface area contributed by atoms with E-state index in [4.69, 9.17) is 4.74 Å². The van der Waals surface area contributed by atoms with E-state index >= 15 is 0 Å². The maximum absolute atomic E-state index is 12.7. The molecule has 1 N–H and O–H groups in total. The van der Waals surface area contributed by atoms with Crippen LogP contribution in [0.1, 0.15) is 59.1 Å². The zero-order chi connectivity index (χ0) is 16.3. The molecule has 0 aliphatic heterocycles. The van der Waals surface area contributed by atoms with Crippen LogP contribution >= 0.6 is 11.3 Å². The monoisotopic (exact) mass is 326 g/mol. The van der Waals surface area contributed by atoms with Crippen molar-refractivity contribution in [3.05, 3.63) is 15.6 Å². The maximum Gasteiger partial charge on any atom is 0.265 e. The van der Waals surface area contributed by atoms with E-state index in [9.17, 15) is 9.90 Å². The molecule has 1 amide bonds. The molecule has 1 aromatic rings. The zero-order valence-corrected chi connectivity index (χ0v) is 14.7. The Morgan fingerprint density at radius 1 is 1.45 bits per heavy atom. The van der Waals surface area contributed by atoms with E-state index in [1.165, 1.54) is 11.3 Å². The number of aliphatic hydroxyl groups is 1. The van der Waals surface area contributed by atoms with E-state index in [2.05, 4.69) is 4.98 Å². The predicted molar refractivity (Wildman–Crippen MR) is 87.2 cm³/mol. The summed E-state index contributed by atoms with van der Waals surface area (Å²) >= 11 is 1.43. The standard InChI is InChI=1S/C16H26N2O3S/c1-10-14(22-15(17-10)11(2)21-4)16(20)18(3)13-7-5-12(9-19)6-8-13/h11-13,19H,5-9H2,1-4H3. The van der Waals surface area contributed by atoms with Crippen LogP contribution in [0.2, 0.25) is 0 Å². The van der Waals surface area contributed by atoms with Crippen molar-refractivity contribution >= 4 is 17.2 Å². The first-order valence-electron chi connectivity index (χ1n) is 7.86. The van der Waals surface area contributed by atoms with Crippen LogP contribution in [0.5, 0.6) is 0 Å². The Morgan fingerprint density at radius 3 is 2.64 bits per heavy atom. The molecule has 1 saturated carbocycles. The fourth-order valence-electron chi connectivity index (χ4n) is 2.93. The Kier molecular flexibility index (Phi) is 5.94. The molecule has 0 bridgehead atoms. The van der Waals surface area contributed by atoms with Crippen LogP contribution in [0.25, 0.3) is 0 Å². The SMILES string of the molecule is COC(C)c1nc(C)c(C(=O)N(C)C2CCC(CO)CC2)s1. The topological polar surface area (TPSA) is 62.7 Å². The Balaban J connectivity index is 2.06. The fourth-order valence-corrected chi connectivity index (χ4v) is 4.01. The lowest BCUT2D eigenvalue weighted by Gasteiger charge is -2.34. The molecule has 1 unspecified atom stereocenters. The first-order chi connectivity index (χ1) is 10.5. The summed E-state index contributed by atoms with van der Waals surface area (Å²) in [6.45, 7) is 4.08. The van der Waals surface area contributed by atoms with Gasteiger partial charge in [0.25, 0.3) is 5.91 Å². The number of aliphatic hydroxyl groups excluding tert-OH is 1. The van der Waals surface area contributed by atoms with Gasteiger partial charge in [0.2, 0.25) is 0 Å². The lowest BCUT2D eigenvalue weighted by atomic mass is 9.86. The normalized spacial score (nSPS) is 23.3. The van der Waals surface area contributed by atoms with E-state index < -0.39 is 0 Å². The van der Waals surface area contributed by atoms with E-state index in [-0.39, 0.29) is 24.7 Å². The summed E-state index contributed by atoms with van der Waals surface area (Å²) < 4.78 is 5.28. The third-order valence-corrected chi connectivity index (χ3v) is 5.96. The summed E-state index contributed by atoms with van der Waals surface area (Å²) in [6.07, 6.45) is 3.83. The fraction of sp³-hybridized carbons (Fsp3) is 0.750. The second kappa shape index (κ2) is 7.53. The van der Waals surface area contributed by atoms with Gasteiger partial charge in [-0.25, -0.2) is 4.98 Å². The summed E-state index contributed by atoms with van der Waals surface area (Å²) in [4.78, 5) is 19.8. The van der Waals surface area contributed by atoms with Gasteiger partial charge in [-0.1, -0.05) is 0 Å². The van der Waals surface area contributed by atoms with E-state index in [0.29, 0.717) is 10.8 Å². The van der Waals surface area contributed by atoms with Gasteiger partial charge in [-0.05, 0) is 45.4 Å². The van der Waals surface area contributed by atoms with Crippen molar-refractivity contribution in [3.63, 3.8) is 0 Å². The first-order valence-corrected chi connectivity index (χ1v) is 8.67. The Hall–Kier alpha value is -0.980. The lowest BCUT2D eigenvalue weighted by molar-refractivity contribution is 0.0656. The molecule has 22 heavy (non-hydrogen) atoms. The number of carbonyl (C=O) groups is 1. The van der Waals surface area contributed by atoms with E-state index in [1.807, 2.05) is 25.8 Å². The highest BCUT2D eigenvalue weighted by molar-refractivity contribution is 7.13. The summed E-state index contributed by atoms with van der Waals surface area (Å²) in [5, 5.41) is 10.1. The van der Waals surface area contributed by atoms with Crippen LogP contribution in [0.3, 0.4) is 0 Å². The van der Waals surface area contributed by atoms with Gasteiger partial charge in [0.15, 0.2) is 0 Å². The summed E-state index contributed by atoms with van der Waals surface area (Å²) in [5.74, 6) is 0.455. The molecule has 1 fully saturated rings. The van der Waals surface area contributed by atoms with Crippen LogP contribution in [0.15, 0.2) is 0 Å². The molecule has 6 heteroatoms.